The predicted octanol–water partition coefficient (Wildman–Crippen LogP) is 4.14. The van der Waals surface area contributed by atoms with Crippen LogP contribution in [0.1, 0.15) is 11.1 Å². The highest BCUT2D eigenvalue weighted by molar-refractivity contribution is 5.95. The molecule has 6 nitrogen and oxygen atoms in total. The third kappa shape index (κ3) is 4.21. The minimum Gasteiger partial charge on any atom is -1.00 e. The fourth-order valence-electron chi connectivity index (χ4n) is 4.58. The fraction of sp³-hybridized carbons (Fsp3) is 0.0667. The SMILES string of the molecule is Cc1cc2nc3cc(C)c(/N=N/c4c(O)ccc5ccccc45)cc3[n+](-c3ccccc3)c2cc1N.[Cl-]. The Bertz CT molecular complexity index is 1830. The molecule has 182 valence electrons. The lowest BCUT2D eigenvalue weighted by Crippen LogP contribution is -3.00. The Morgan fingerprint density at radius 3 is 2.22 bits per heavy atom. The van der Waals surface area contributed by atoms with Crippen LogP contribution in [0.2, 0.25) is 0 Å². The first-order valence-electron chi connectivity index (χ1n) is 11.7. The van der Waals surface area contributed by atoms with Gasteiger partial charge in [-0.3, -0.25) is 0 Å². The summed E-state index contributed by atoms with van der Waals surface area (Å²) in [6.45, 7) is 3.98. The topological polar surface area (TPSA) is 87.7 Å². The van der Waals surface area contributed by atoms with Crippen LogP contribution in [0, 0.1) is 13.8 Å². The summed E-state index contributed by atoms with van der Waals surface area (Å²) in [6, 6.07) is 29.5. The number of azo groups is 1. The van der Waals surface area contributed by atoms with E-state index < -0.39 is 0 Å². The molecule has 0 unspecified atom stereocenters. The molecule has 0 aliphatic heterocycles. The molecule has 0 amide bonds. The standard InChI is InChI=1S/C30H23N5O.ClH/c1-18-14-25-27(16-23(18)31)35(21-9-4-3-5-10-21)28-17-24(19(2)15-26(28)32-25)33-34-30-22-11-7-6-8-20(22)12-13-29(30)36;/h3-17H,1-2H3,(H2,31,33,36);1H. The number of hydrogen-bond acceptors (Lipinski definition) is 5. The Morgan fingerprint density at radius 2 is 1.43 bits per heavy atom. The quantitative estimate of drug-likeness (QED) is 0.164. The molecule has 1 aromatic heterocycles. The number of nitrogen functional groups attached to an aromatic ring is 1. The van der Waals surface area contributed by atoms with Crippen molar-refractivity contribution < 1.29 is 22.1 Å². The number of rotatable bonds is 3. The lowest BCUT2D eigenvalue weighted by molar-refractivity contribution is -0.538. The summed E-state index contributed by atoms with van der Waals surface area (Å²) in [5.74, 6) is 0.0914. The van der Waals surface area contributed by atoms with Gasteiger partial charge in [0.2, 0.25) is 16.7 Å². The van der Waals surface area contributed by atoms with Gasteiger partial charge in [-0.05, 0) is 48.6 Å². The molecule has 3 N–H and O–H groups in total. The van der Waals surface area contributed by atoms with Gasteiger partial charge in [-0.1, -0.05) is 48.5 Å². The molecule has 37 heavy (non-hydrogen) atoms. The number of aromatic nitrogens is 2. The van der Waals surface area contributed by atoms with Crippen LogP contribution >= 0.6 is 0 Å². The van der Waals surface area contributed by atoms with E-state index in [4.69, 9.17) is 10.7 Å². The van der Waals surface area contributed by atoms with Gasteiger partial charge in [-0.2, -0.15) is 0 Å². The Balaban J connectivity index is 0.00000280. The summed E-state index contributed by atoms with van der Waals surface area (Å²) in [5.41, 5.74) is 14.6. The summed E-state index contributed by atoms with van der Waals surface area (Å²) in [5, 5.41) is 21.4. The molecule has 0 spiro atoms. The van der Waals surface area contributed by atoms with Gasteiger partial charge in [0.1, 0.15) is 22.5 Å². The molecule has 5 aromatic carbocycles. The number of aryl methyl sites for hydroxylation is 2. The average molecular weight is 506 g/mol. The molecule has 0 saturated carbocycles. The van der Waals surface area contributed by atoms with Crippen molar-refractivity contribution in [3.05, 3.63) is 102 Å². The first-order valence-corrected chi connectivity index (χ1v) is 11.7. The Morgan fingerprint density at radius 1 is 0.757 bits per heavy atom. The number of anilines is 1. The van der Waals surface area contributed by atoms with Gasteiger partial charge in [0, 0.05) is 35.3 Å². The number of nitrogens with two attached hydrogens (primary N) is 1. The first kappa shape index (κ1) is 24.2. The third-order valence-electron chi connectivity index (χ3n) is 6.53. The van der Waals surface area contributed by atoms with Crippen molar-refractivity contribution in [3.63, 3.8) is 0 Å². The zero-order valence-corrected chi connectivity index (χ0v) is 21.1. The predicted molar refractivity (Wildman–Crippen MR) is 144 cm³/mol. The number of nitrogens with zero attached hydrogens (tertiary/aromatic N) is 4. The minimum atomic E-state index is 0. The smallest absolute Gasteiger partial charge is 0.239 e. The highest BCUT2D eigenvalue weighted by Gasteiger charge is 2.22. The molecule has 0 atom stereocenters. The van der Waals surface area contributed by atoms with E-state index in [1.165, 1.54) is 0 Å². The van der Waals surface area contributed by atoms with E-state index in [0.717, 1.165) is 49.7 Å². The molecule has 6 aromatic rings. The summed E-state index contributed by atoms with van der Waals surface area (Å²) >= 11 is 0. The van der Waals surface area contributed by atoms with E-state index in [-0.39, 0.29) is 18.2 Å². The molecule has 0 radical (unpaired) electrons. The molecule has 0 saturated heterocycles. The Hall–Kier alpha value is -4.55. The second-order valence-corrected chi connectivity index (χ2v) is 8.96. The van der Waals surface area contributed by atoms with Gasteiger partial charge >= 0.3 is 0 Å². The molecule has 0 aliphatic carbocycles. The largest absolute Gasteiger partial charge is 1.00 e. The second-order valence-electron chi connectivity index (χ2n) is 8.96. The van der Waals surface area contributed by atoms with Crippen molar-refractivity contribution in [2.75, 3.05) is 5.73 Å². The number of fused-ring (bicyclic) bond motifs is 3. The van der Waals surface area contributed by atoms with Gasteiger partial charge in [-0.15, -0.1) is 14.8 Å². The van der Waals surface area contributed by atoms with E-state index >= 15 is 0 Å². The van der Waals surface area contributed by atoms with Crippen LogP contribution in [0.5, 0.6) is 5.75 Å². The molecular weight excluding hydrogens is 482 g/mol. The maximum absolute atomic E-state index is 10.5. The number of benzene rings is 5. The maximum atomic E-state index is 10.5. The zero-order chi connectivity index (χ0) is 24.8. The van der Waals surface area contributed by atoms with Crippen LogP contribution in [0.4, 0.5) is 17.1 Å². The average Bonchev–Trinajstić information content (AvgIpc) is 2.88. The summed E-state index contributed by atoms with van der Waals surface area (Å²) in [6.07, 6.45) is 0. The fourth-order valence-corrected chi connectivity index (χ4v) is 4.58. The number of hydrogen-bond donors (Lipinski definition) is 2. The molecular formula is C30H24ClN5O. The van der Waals surface area contributed by atoms with Crippen LogP contribution in [-0.2, 0) is 0 Å². The highest BCUT2D eigenvalue weighted by atomic mass is 35.5. The van der Waals surface area contributed by atoms with Gasteiger partial charge < -0.3 is 23.2 Å². The number of phenols is 1. The summed E-state index contributed by atoms with van der Waals surface area (Å²) < 4.78 is 2.15. The molecule has 0 fully saturated rings. The first-order chi connectivity index (χ1) is 17.5. The van der Waals surface area contributed by atoms with Crippen molar-refractivity contribution in [1.29, 1.82) is 0 Å². The van der Waals surface area contributed by atoms with E-state index in [1.807, 2.05) is 86.6 Å². The van der Waals surface area contributed by atoms with Gasteiger partial charge in [0.25, 0.3) is 0 Å². The number of para-hydroxylation sites is 1. The lowest BCUT2D eigenvalue weighted by Gasteiger charge is -2.09. The van der Waals surface area contributed by atoms with Crippen LogP contribution in [-0.4, -0.2) is 10.1 Å². The van der Waals surface area contributed by atoms with E-state index in [0.29, 0.717) is 17.1 Å². The van der Waals surface area contributed by atoms with Crippen LogP contribution < -0.4 is 22.7 Å². The van der Waals surface area contributed by atoms with Crippen molar-refractivity contribution >= 4 is 49.9 Å². The maximum Gasteiger partial charge on any atom is 0.239 e. The lowest BCUT2D eigenvalue weighted by atomic mass is 10.1. The molecule has 0 bridgehead atoms. The van der Waals surface area contributed by atoms with E-state index in [1.54, 1.807) is 6.07 Å². The summed E-state index contributed by atoms with van der Waals surface area (Å²) in [4.78, 5) is 4.95. The van der Waals surface area contributed by atoms with Crippen LogP contribution in [0.15, 0.2) is 101 Å². The number of halogens is 1. The Kier molecular flexibility index (Phi) is 6.19. The van der Waals surface area contributed by atoms with E-state index in [2.05, 4.69) is 26.9 Å². The zero-order valence-electron chi connectivity index (χ0n) is 20.4. The third-order valence-corrected chi connectivity index (χ3v) is 6.53. The van der Waals surface area contributed by atoms with Crippen molar-refractivity contribution in [2.45, 2.75) is 13.8 Å². The van der Waals surface area contributed by atoms with Crippen LogP contribution in [0.25, 0.3) is 38.5 Å². The van der Waals surface area contributed by atoms with Crippen molar-refractivity contribution in [3.8, 4) is 11.4 Å². The van der Waals surface area contributed by atoms with Gasteiger partial charge in [-0.25, -0.2) is 4.98 Å². The highest BCUT2D eigenvalue weighted by Crippen LogP contribution is 2.37. The second kappa shape index (κ2) is 9.48. The van der Waals surface area contributed by atoms with Crippen molar-refractivity contribution in [2.24, 2.45) is 10.2 Å². The van der Waals surface area contributed by atoms with Crippen LogP contribution in [0.3, 0.4) is 0 Å². The van der Waals surface area contributed by atoms with Gasteiger partial charge in [0.05, 0.1) is 5.69 Å². The van der Waals surface area contributed by atoms with Crippen molar-refractivity contribution in [1.82, 2.24) is 4.98 Å². The molecule has 7 heteroatoms. The number of aromatic hydroxyl groups is 1. The minimum absolute atomic E-state index is 0. The van der Waals surface area contributed by atoms with Gasteiger partial charge in [0.15, 0.2) is 0 Å². The summed E-state index contributed by atoms with van der Waals surface area (Å²) in [7, 11) is 0. The molecule has 1 heterocycles. The Labute approximate surface area is 220 Å². The van der Waals surface area contributed by atoms with E-state index in [9.17, 15) is 5.11 Å². The monoisotopic (exact) mass is 505 g/mol. The number of phenolic OH excluding ortho intramolecular Hbond substituents is 1. The molecule has 0 aliphatic rings. The molecule has 6 rings (SSSR count). The normalized spacial score (nSPS) is 11.4.